The van der Waals surface area contributed by atoms with Crippen LogP contribution in [0, 0.1) is 5.92 Å². The summed E-state index contributed by atoms with van der Waals surface area (Å²) >= 11 is 0. The number of carbonyl (C=O) groups is 2. The second-order valence-electron chi connectivity index (χ2n) is 10.7. The van der Waals surface area contributed by atoms with Crippen LogP contribution in [0.15, 0.2) is 77.7 Å². The average molecular weight is 690 g/mol. The number of nitrogens with zero attached hydrogens (tertiary/aromatic N) is 1. The van der Waals surface area contributed by atoms with Crippen LogP contribution in [-0.2, 0) is 37.4 Å². The number of nitrogens with two attached hydrogens (primary N) is 1. The molecule has 0 heterocycles. The first-order valence-corrected chi connectivity index (χ1v) is 15.7. The Hall–Kier alpha value is -4.15. The molecule has 1 aliphatic carbocycles. The number of nitrogens with one attached hydrogen (secondary N) is 1. The van der Waals surface area contributed by atoms with E-state index < -0.39 is 35.3 Å². The van der Waals surface area contributed by atoms with Crippen LogP contribution in [0.3, 0.4) is 0 Å². The standard InChI is InChI=1S/C22H25F3N2O4S.C9H8F3NO2/c1-27(21(28)17-10-11-18(12-17)31-14-22(23,24)25)13-15-6-8-16(9-7-15)19-4-2-3-5-20(19)32(26,29)30;10-9(11,12)15-8-3-1-7(2-4-8)5-13-6-14/h2-9,17-18H,10-14H2,1H3,(H2,26,29,30);1-4,6H,5H2,(H,13,14)/t17-,18?;/m0./s1. The van der Waals surface area contributed by atoms with Crippen LogP contribution in [0.4, 0.5) is 26.3 Å². The van der Waals surface area contributed by atoms with Crippen molar-refractivity contribution >= 4 is 22.3 Å². The Morgan fingerprint density at radius 1 is 0.957 bits per heavy atom. The summed E-state index contributed by atoms with van der Waals surface area (Å²) in [5.41, 5.74) is 2.69. The zero-order chi connectivity index (χ0) is 34.8. The number of sulfonamides is 1. The minimum atomic E-state index is -4.68. The van der Waals surface area contributed by atoms with Gasteiger partial charge in [0.05, 0.1) is 11.0 Å². The van der Waals surface area contributed by atoms with Crippen LogP contribution in [0.5, 0.6) is 5.75 Å². The van der Waals surface area contributed by atoms with Crippen molar-refractivity contribution < 1.29 is 53.8 Å². The van der Waals surface area contributed by atoms with Gasteiger partial charge in [-0.2, -0.15) is 13.2 Å². The van der Waals surface area contributed by atoms with E-state index in [-0.39, 0.29) is 35.4 Å². The Morgan fingerprint density at radius 2 is 1.57 bits per heavy atom. The van der Waals surface area contributed by atoms with Crippen molar-refractivity contribution in [1.82, 2.24) is 10.2 Å². The smallest absolute Gasteiger partial charge is 0.406 e. The maximum absolute atomic E-state index is 12.7. The van der Waals surface area contributed by atoms with Crippen molar-refractivity contribution in [2.45, 2.75) is 55.9 Å². The van der Waals surface area contributed by atoms with Gasteiger partial charge in [-0.25, -0.2) is 13.6 Å². The number of hydrogen-bond donors (Lipinski definition) is 2. The third-order valence-electron chi connectivity index (χ3n) is 7.02. The fourth-order valence-electron chi connectivity index (χ4n) is 4.90. The first-order valence-electron chi connectivity index (χ1n) is 14.1. The SMILES string of the molecule is CN(Cc1ccc(-c2ccccc2S(N)(=O)=O)cc1)C(=O)[C@H]1CCC(OCC(F)(F)F)C1.O=CNCc1ccc(OC(F)(F)F)cc1. The topological polar surface area (TPSA) is 128 Å². The molecule has 47 heavy (non-hydrogen) atoms. The number of alkyl halides is 6. The van der Waals surface area contributed by atoms with Crippen LogP contribution >= 0.6 is 0 Å². The van der Waals surface area contributed by atoms with Crippen molar-refractivity contribution in [3.05, 3.63) is 83.9 Å². The molecule has 256 valence electrons. The second kappa shape index (κ2) is 16.1. The van der Waals surface area contributed by atoms with Gasteiger partial charge >= 0.3 is 12.5 Å². The van der Waals surface area contributed by atoms with Gasteiger partial charge < -0.3 is 19.7 Å². The number of benzene rings is 3. The highest BCUT2D eigenvalue weighted by molar-refractivity contribution is 7.89. The zero-order valence-corrected chi connectivity index (χ0v) is 25.9. The predicted molar refractivity (Wildman–Crippen MR) is 159 cm³/mol. The molecule has 0 saturated heterocycles. The van der Waals surface area contributed by atoms with Crippen LogP contribution in [0.2, 0.25) is 0 Å². The number of hydrogen-bond acceptors (Lipinski definition) is 6. The van der Waals surface area contributed by atoms with E-state index in [9.17, 15) is 44.3 Å². The van der Waals surface area contributed by atoms with Gasteiger partial charge in [0, 0.05) is 31.6 Å². The van der Waals surface area contributed by atoms with Gasteiger partial charge in [0.1, 0.15) is 12.4 Å². The summed E-state index contributed by atoms with van der Waals surface area (Å²) in [7, 11) is -2.22. The molecule has 1 aliphatic rings. The molecule has 3 aromatic rings. The Labute approximate surface area is 267 Å². The zero-order valence-electron chi connectivity index (χ0n) is 25.1. The van der Waals surface area contributed by atoms with Gasteiger partial charge in [-0.05, 0) is 54.2 Å². The highest BCUT2D eigenvalue weighted by Crippen LogP contribution is 2.31. The summed E-state index contributed by atoms with van der Waals surface area (Å²) in [6, 6.07) is 18.8. The molecule has 2 atom stereocenters. The number of halogens is 6. The number of primary sulfonamides is 1. The molecule has 4 rings (SSSR count). The summed E-state index contributed by atoms with van der Waals surface area (Å²) < 4.78 is 104. The summed E-state index contributed by atoms with van der Waals surface area (Å²) in [6.07, 6.45) is -7.89. The number of amides is 2. The van der Waals surface area contributed by atoms with Crippen molar-refractivity contribution in [3.63, 3.8) is 0 Å². The van der Waals surface area contributed by atoms with E-state index >= 15 is 0 Å². The average Bonchev–Trinajstić information content (AvgIpc) is 3.48. The lowest BCUT2D eigenvalue weighted by atomic mass is 10.0. The summed E-state index contributed by atoms with van der Waals surface area (Å²) in [6.45, 7) is -0.703. The lowest BCUT2D eigenvalue weighted by Gasteiger charge is -2.21. The number of carbonyl (C=O) groups excluding carboxylic acids is 2. The molecule has 0 radical (unpaired) electrons. The summed E-state index contributed by atoms with van der Waals surface area (Å²) in [5.74, 6) is -0.775. The molecular formula is C31H33F6N3O6S. The largest absolute Gasteiger partial charge is 0.573 e. The monoisotopic (exact) mass is 689 g/mol. The van der Waals surface area contributed by atoms with E-state index in [1.54, 1.807) is 54.4 Å². The van der Waals surface area contributed by atoms with E-state index in [0.717, 1.165) is 5.56 Å². The van der Waals surface area contributed by atoms with Crippen LogP contribution in [0.25, 0.3) is 11.1 Å². The van der Waals surface area contributed by atoms with E-state index in [0.29, 0.717) is 42.5 Å². The third-order valence-corrected chi connectivity index (χ3v) is 7.99. The number of rotatable bonds is 11. The lowest BCUT2D eigenvalue weighted by molar-refractivity contribution is -0.274. The summed E-state index contributed by atoms with van der Waals surface area (Å²) in [4.78, 5) is 24.2. The maximum Gasteiger partial charge on any atom is 0.573 e. The molecule has 0 spiro atoms. The second-order valence-corrected chi connectivity index (χ2v) is 12.2. The normalized spacial score (nSPS) is 16.5. The first kappa shape index (κ1) is 37.3. The van der Waals surface area contributed by atoms with Crippen LogP contribution in [-0.4, -0.2) is 57.9 Å². The summed E-state index contributed by atoms with van der Waals surface area (Å²) in [5, 5.41) is 7.69. The van der Waals surface area contributed by atoms with Crippen LogP contribution in [0.1, 0.15) is 30.4 Å². The molecule has 1 saturated carbocycles. The van der Waals surface area contributed by atoms with Crippen molar-refractivity contribution in [1.29, 1.82) is 0 Å². The number of ether oxygens (including phenoxy) is 2. The molecular weight excluding hydrogens is 656 g/mol. The fourth-order valence-corrected chi connectivity index (χ4v) is 5.66. The molecule has 3 N–H and O–H groups in total. The van der Waals surface area contributed by atoms with Gasteiger partial charge in [0.25, 0.3) is 0 Å². The van der Waals surface area contributed by atoms with Gasteiger partial charge in [-0.15, -0.1) is 13.2 Å². The van der Waals surface area contributed by atoms with Gasteiger partial charge in [0.15, 0.2) is 0 Å². The molecule has 3 aromatic carbocycles. The molecule has 0 aromatic heterocycles. The molecule has 0 aliphatic heterocycles. The first-order chi connectivity index (χ1) is 21.9. The Morgan fingerprint density at radius 3 is 2.15 bits per heavy atom. The molecule has 16 heteroatoms. The molecule has 2 amide bonds. The quantitative estimate of drug-likeness (QED) is 0.201. The van der Waals surface area contributed by atoms with Crippen molar-refractivity contribution in [3.8, 4) is 16.9 Å². The highest BCUT2D eigenvalue weighted by atomic mass is 32.2. The van der Waals surface area contributed by atoms with Gasteiger partial charge in [-0.3, -0.25) is 9.59 Å². The fraction of sp³-hybridized carbons (Fsp3) is 0.355. The van der Waals surface area contributed by atoms with Crippen molar-refractivity contribution in [2.75, 3.05) is 13.7 Å². The van der Waals surface area contributed by atoms with E-state index in [2.05, 4.69) is 10.1 Å². The molecule has 1 unspecified atom stereocenters. The Bertz CT molecular complexity index is 1580. The van der Waals surface area contributed by atoms with Crippen LogP contribution < -0.4 is 15.2 Å². The van der Waals surface area contributed by atoms with Gasteiger partial charge in [-0.1, -0.05) is 54.6 Å². The predicted octanol–water partition coefficient (Wildman–Crippen LogP) is 5.54. The maximum atomic E-state index is 12.7. The van der Waals surface area contributed by atoms with E-state index in [1.807, 2.05) is 0 Å². The third kappa shape index (κ3) is 12.5. The Kier molecular flexibility index (Phi) is 12.8. The van der Waals surface area contributed by atoms with E-state index in [4.69, 9.17) is 9.88 Å². The van der Waals surface area contributed by atoms with Gasteiger partial charge in [0.2, 0.25) is 22.3 Å². The van der Waals surface area contributed by atoms with Crippen molar-refractivity contribution in [2.24, 2.45) is 11.1 Å². The molecule has 9 nitrogen and oxygen atoms in total. The highest BCUT2D eigenvalue weighted by Gasteiger charge is 2.35. The minimum Gasteiger partial charge on any atom is -0.406 e. The van der Waals surface area contributed by atoms with E-state index in [1.165, 1.54) is 30.3 Å². The Balaban J connectivity index is 0.000000335. The minimum absolute atomic E-state index is 0.0311. The molecule has 1 fully saturated rings. The lowest BCUT2D eigenvalue weighted by Crippen LogP contribution is -2.32. The molecule has 0 bridgehead atoms.